The number of methoxy groups -OCH3 is 1. The van der Waals surface area contributed by atoms with Gasteiger partial charge in [-0.25, -0.2) is 14.6 Å². The van der Waals surface area contributed by atoms with Crippen LogP contribution < -0.4 is 4.74 Å². The van der Waals surface area contributed by atoms with E-state index in [1.807, 2.05) is 24.3 Å². The summed E-state index contributed by atoms with van der Waals surface area (Å²) in [6.07, 6.45) is 1.60. The minimum atomic E-state index is -0.0542. The Morgan fingerprint density at radius 3 is 2.65 bits per heavy atom. The number of aryl methyl sites for hydroxylation is 1. The second kappa shape index (κ2) is 4.80. The second-order valence-electron chi connectivity index (χ2n) is 4.49. The van der Waals surface area contributed by atoms with Gasteiger partial charge < -0.3 is 9.84 Å². The Bertz CT molecular complexity index is 750. The van der Waals surface area contributed by atoms with Gasteiger partial charge in [-0.05, 0) is 24.6 Å². The molecule has 0 radical (unpaired) electrons. The minimum Gasteiger partial charge on any atom is -0.497 e. The normalized spacial score (nSPS) is 10.9. The van der Waals surface area contributed by atoms with Crippen molar-refractivity contribution in [1.82, 2.24) is 19.7 Å². The highest BCUT2D eigenvalue weighted by Crippen LogP contribution is 2.18. The number of benzene rings is 1. The van der Waals surface area contributed by atoms with Crippen molar-refractivity contribution in [1.29, 1.82) is 0 Å². The van der Waals surface area contributed by atoms with E-state index >= 15 is 0 Å². The Kier molecular flexibility index (Phi) is 2.98. The average Bonchev–Trinajstić information content (AvgIpc) is 2.83. The monoisotopic (exact) mass is 270 g/mol. The molecule has 0 unspecified atom stereocenters. The number of fused-ring (bicyclic) bond motifs is 1. The number of hydrogen-bond acceptors (Lipinski definition) is 5. The first-order chi connectivity index (χ1) is 9.67. The van der Waals surface area contributed by atoms with Crippen LogP contribution in [0, 0.1) is 6.92 Å². The molecule has 0 saturated heterocycles. The Balaban J connectivity index is 1.95. The largest absolute Gasteiger partial charge is 0.497 e. The summed E-state index contributed by atoms with van der Waals surface area (Å²) in [6, 6.07) is 7.77. The fourth-order valence-corrected chi connectivity index (χ4v) is 1.99. The summed E-state index contributed by atoms with van der Waals surface area (Å²) in [5, 5.41) is 13.8. The molecule has 0 fully saturated rings. The molecule has 20 heavy (non-hydrogen) atoms. The van der Waals surface area contributed by atoms with Gasteiger partial charge in [-0.15, -0.1) is 0 Å². The molecule has 3 rings (SSSR count). The van der Waals surface area contributed by atoms with Gasteiger partial charge >= 0.3 is 0 Å². The third-order valence-electron chi connectivity index (χ3n) is 3.11. The van der Waals surface area contributed by atoms with Gasteiger partial charge in [0.1, 0.15) is 17.0 Å². The fraction of sp³-hybridized carbons (Fsp3) is 0.214. The first-order valence-corrected chi connectivity index (χ1v) is 6.19. The molecule has 1 aromatic carbocycles. The number of rotatable bonds is 3. The highest BCUT2D eigenvalue weighted by Gasteiger charge is 2.09. The van der Waals surface area contributed by atoms with E-state index in [4.69, 9.17) is 4.74 Å². The lowest BCUT2D eigenvalue weighted by Crippen LogP contribution is -2.03. The SMILES string of the molecule is COc1ccc(Cn2ncc3nc(O)c(C)nc32)cc1. The summed E-state index contributed by atoms with van der Waals surface area (Å²) in [7, 11) is 1.64. The topological polar surface area (TPSA) is 73.1 Å². The van der Waals surface area contributed by atoms with Crippen molar-refractivity contribution in [3.8, 4) is 11.6 Å². The first-order valence-electron chi connectivity index (χ1n) is 6.19. The number of hydrogen-bond donors (Lipinski definition) is 1. The maximum atomic E-state index is 9.55. The lowest BCUT2D eigenvalue weighted by atomic mass is 10.2. The van der Waals surface area contributed by atoms with Gasteiger partial charge in [0.2, 0.25) is 5.88 Å². The van der Waals surface area contributed by atoms with E-state index in [1.165, 1.54) is 0 Å². The molecule has 102 valence electrons. The van der Waals surface area contributed by atoms with Crippen LogP contribution >= 0.6 is 0 Å². The van der Waals surface area contributed by atoms with Crippen molar-refractivity contribution in [3.63, 3.8) is 0 Å². The van der Waals surface area contributed by atoms with Gasteiger partial charge in [0.15, 0.2) is 5.65 Å². The molecule has 0 aliphatic carbocycles. The molecule has 0 amide bonds. The van der Waals surface area contributed by atoms with E-state index in [2.05, 4.69) is 15.1 Å². The number of aromatic nitrogens is 4. The number of nitrogens with zero attached hydrogens (tertiary/aromatic N) is 4. The van der Waals surface area contributed by atoms with Crippen LogP contribution in [0.4, 0.5) is 0 Å². The Morgan fingerprint density at radius 1 is 1.20 bits per heavy atom. The zero-order valence-corrected chi connectivity index (χ0v) is 11.2. The average molecular weight is 270 g/mol. The minimum absolute atomic E-state index is 0.0542. The van der Waals surface area contributed by atoms with Crippen molar-refractivity contribution >= 4 is 11.2 Å². The highest BCUT2D eigenvalue weighted by molar-refractivity contribution is 5.70. The zero-order chi connectivity index (χ0) is 14.1. The third kappa shape index (κ3) is 2.16. The molecular formula is C14H14N4O2. The number of aromatic hydroxyl groups is 1. The Hall–Kier alpha value is -2.63. The molecule has 1 N–H and O–H groups in total. The molecular weight excluding hydrogens is 256 g/mol. The van der Waals surface area contributed by atoms with Gasteiger partial charge in [0.25, 0.3) is 0 Å². The molecule has 6 nitrogen and oxygen atoms in total. The third-order valence-corrected chi connectivity index (χ3v) is 3.11. The highest BCUT2D eigenvalue weighted by atomic mass is 16.5. The summed E-state index contributed by atoms with van der Waals surface area (Å²) in [6.45, 7) is 2.30. The molecule has 3 aromatic rings. The van der Waals surface area contributed by atoms with E-state index in [0.29, 0.717) is 23.4 Å². The molecule has 0 spiro atoms. The van der Waals surface area contributed by atoms with Crippen LogP contribution in [0.3, 0.4) is 0 Å². The zero-order valence-electron chi connectivity index (χ0n) is 11.2. The lowest BCUT2D eigenvalue weighted by molar-refractivity contribution is 0.414. The van der Waals surface area contributed by atoms with Gasteiger partial charge in [-0.1, -0.05) is 12.1 Å². The summed E-state index contributed by atoms with van der Waals surface area (Å²) in [4.78, 5) is 8.38. The van der Waals surface area contributed by atoms with Gasteiger partial charge in [-0.3, -0.25) is 0 Å². The molecule has 0 aliphatic rings. The maximum absolute atomic E-state index is 9.55. The molecule has 0 aliphatic heterocycles. The van der Waals surface area contributed by atoms with E-state index in [-0.39, 0.29) is 5.88 Å². The predicted molar refractivity (Wildman–Crippen MR) is 73.8 cm³/mol. The summed E-state index contributed by atoms with van der Waals surface area (Å²) < 4.78 is 6.89. The van der Waals surface area contributed by atoms with Crippen molar-refractivity contribution in [3.05, 3.63) is 41.7 Å². The van der Waals surface area contributed by atoms with Gasteiger partial charge in [0.05, 0.1) is 19.9 Å². The van der Waals surface area contributed by atoms with E-state index in [9.17, 15) is 5.11 Å². The van der Waals surface area contributed by atoms with E-state index in [1.54, 1.807) is 24.9 Å². The van der Waals surface area contributed by atoms with Crippen LogP contribution in [0.25, 0.3) is 11.2 Å². The smallest absolute Gasteiger partial charge is 0.233 e. The molecule has 0 saturated carbocycles. The van der Waals surface area contributed by atoms with Crippen LogP contribution in [0.5, 0.6) is 11.6 Å². The fourth-order valence-electron chi connectivity index (χ4n) is 1.99. The van der Waals surface area contributed by atoms with Crippen molar-refractivity contribution < 1.29 is 9.84 Å². The second-order valence-corrected chi connectivity index (χ2v) is 4.49. The van der Waals surface area contributed by atoms with E-state index < -0.39 is 0 Å². The molecule has 0 bridgehead atoms. The predicted octanol–water partition coefficient (Wildman–Crippen LogP) is 1.90. The number of ether oxygens (including phenoxy) is 1. The Morgan fingerprint density at radius 2 is 1.95 bits per heavy atom. The molecule has 2 heterocycles. The molecule has 2 aromatic heterocycles. The van der Waals surface area contributed by atoms with Crippen LogP contribution in [-0.4, -0.2) is 32.0 Å². The standard InChI is InChI=1S/C14H14N4O2/c1-9-14(19)17-12-7-15-18(13(12)16-9)8-10-3-5-11(20-2)6-4-10/h3-7H,8H2,1-2H3,(H,17,19). The lowest BCUT2D eigenvalue weighted by Gasteiger charge is -2.05. The molecule has 6 heteroatoms. The summed E-state index contributed by atoms with van der Waals surface area (Å²) in [5.41, 5.74) is 2.83. The van der Waals surface area contributed by atoms with Gasteiger partial charge in [-0.2, -0.15) is 5.10 Å². The maximum Gasteiger partial charge on any atom is 0.233 e. The first kappa shape index (κ1) is 12.4. The van der Waals surface area contributed by atoms with E-state index in [0.717, 1.165) is 11.3 Å². The summed E-state index contributed by atoms with van der Waals surface area (Å²) in [5.74, 6) is 0.765. The van der Waals surface area contributed by atoms with Crippen LogP contribution in [0.1, 0.15) is 11.3 Å². The summed E-state index contributed by atoms with van der Waals surface area (Å²) >= 11 is 0. The van der Waals surface area contributed by atoms with Crippen LogP contribution in [0.15, 0.2) is 30.5 Å². The van der Waals surface area contributed by atoms with Crippen molar-refractivity contribution in [2.75, 3.05) is 7.11 Å². The Labute approximate surface area is 115 Å². The molecule has 0 atom stereocenters. The van der Waals surface area contributed by atoms with Gasteiger partial charge in [0, 0.05) is 0 Å². The van der Waals surface area contributed by atoms with Crippen molar-refractivity contribution in [2.24, 2.45) is 0 Å². The van der Waals surface area contributed by atoms with Crippen LogP contribution in [0.2, 0.25) is 0 Å². The van der Waals surface area contributed by atoms with Crippen molar-refractivity contribution in [2.45, 2.75) is 13.5 Å². The van der Waals surface area contributed by atoms with Crippen LogP contribution in [-0.2, 0) is 6.54 Å². The quantitative estimate of drug-likeness (QED) is 0.786.